The maximum absolute atomic E-state index is 6.12. The third-order valence-electron chi connectivity index (χ3n) is 3.34. The summed E-state index contributed by atoms with van der Waals surface area (Å²) in [6.07, 6.45) is 6.75. The topological polar surface area (TPSA) is 29.3 Å². The van der Waals surface area contributed by atoms with Crippen LogP contribution in [0.4, 0.5) is 0 Å². The summed E-state index contributed by atoms with van der Waals surface area (Å²) in [4.78, 5) is 2.37. The van der Waals surface area contributed by atoms with Gasteiger partial charge in [-0.2, -0.15) is 0 Å². The van der Waals surface area contributed by atoms with Crippen LogP contribution in [0.3, 0.4) is 0 Å². The van der Waals surface area contributed by atoms with Gasteiger partial charge in [0.25, 0.3) is 0 Å². The van der Waals surface area contributed by atoms with Crippen molar-refractivity contribution < 1.29 is 0 Å². The predicted molar refractivity (Wildman–Crippen MR) is 62.3 cm³/mol. The molecule has 1 saturated carbocycles. The lowest BCUT2D eigenvalue weighted by Gasteiger charge is -2.35. The van der Waals surface area contributed by atoms with Crippen LogP contribution in [-0.2, 0) is 0 Å². The van der Waals surface area contributed by atoms with Crippen LogP contribution in [0.2, 0.25) is 0 Å². The Morgan fingerprint density at radius 1 is 1.29 bits per heavy atom. The molecule has 1 fully saturated rings. The lowest BCUT2D eigenvalue weighted by molar-refractivity contribution is 0.172. The third kappa shape index (κ3) is 3.58. The summed E-state index contributed by atoms with van der Waals surface area (Å²) in [5, 5.41) is 0. The molecular weight excluding hydrogens is 172 g/mol. The Labute approximate surface area is 88.8 Å². The number of nitrogens with two attached hydrogens (primary N) is 1. The van der Waals surface area contributed by atoms with E-state index in [2.05, 4.69) is 32.8 Å². The molecule has 1 rings (SSSR count). The number of hydrogen-bond acceptors (Lipinski definition) is 2. The molecule has 1 aliphatic carbocycles. The minimum absolute atomic E-state index is 0.0302. The van der Waals surface area contributed by atoms with Gasteiger partial charge in [0.15, 0.2) is 0 Å². The second-order valence-corrected chi connectivity index (χ2v) is 5.77. The van der Waals surface area contributed by atoms with Crippen molar-refractivity contribution in [3.8, 4) is 0 Å². The summed E-state index contributed by atoms with van der Waals surface area (Å²) >= 11 is 0. The van der Waals surface area contributed by atoms with Crippen molar-refractivity contribution in [2.24, 2.45) is 11.7 Å². The first-order valence-corrected chi connectivity index (χ1v) is 5.85. The van der Waals surface area contributed by atoms with E-state index in [9.17, 15) is 0 Å². The van der Waals surface area contributed by atoms with Crippen LogP contribution < -0.4 is 5.73 Å². The van der Waals surface area contributed by atoms with E-state index in [0.717, 1.165) is 12.3 Å². The molecule has 0 aromatic rings. The molecule has 0 saturated heterocycles. The fourth-order valence-corrected chi connectivity index (χ4v) is 2.65. The highest BCUT2D eigenvalue weighted by molar-refractivity contribution is 4.87. The normalized spacial score (nSPS) is 21.9. The minimum atomic E-state index is -0.0302. The Morgan fingerprint density at radius 3 is 2.14 bits per heavy atom. The molecule has 1 unspecified atom stereocenters. The summed E-state index contributed by atoms with van der Waals surface area (Å²) in [6.45, 7) is 4.27. The van der Waals surface area contributed by atoms with Crippen LogP contribution >= 0.6 is 0 Å². The first kappa shape index (κ1) is 12.0. The highest BCUT2D eigenvalue weighted by Crippen LogP contribution is 2.32. The fourth-order valence-electron chi connectivity index (χ4n) is 2.65. The highest BCUT2D eigenvalue weighted by Gasteiger charge is 2.30. The maximum atomic E-state index is 6.12. The van der Waals surface area contributed by atoms with Crippen molar-refractivity contribution in [1.82, 2.24) is 4.90 Å². The zero-order chi connectivity index (χ0) is 10.8. The molecule has 0 amide bonds. The molecule has 2 N–H and O–H groups in total. The molecule has 1 aliphatic rings. The molecule has 2 heteroatoms. The van der Waals surface area contributed by atoms with Gasteiger partial charge in [-0.05, 0) is 53.1 Å². The van der Waals surface area contributed by atoms with E-state index >= 15 is 0 Å². The zero-order valence-electron chi connectivity index (χ0n) is 10.2. The Bertz CT molecular complexity index is 164. The van der Waals surface area contributed by atoms with E-state index in [-0.39, 0.29) is 5.54 Å². The SMILES string of the molecule is CN(C)C(CC(C)(C)N)C1CCCC1. The van der Waals surface area contributed by atoms with Gasteiger partial charge in [0.1, 0.15) is 0 Å². The molecule has 14 heavy (non-hydrogen) atoms. The van der Waals surface area contributed by atoms with Gasteiger partial charge in [-0.15, -0.1) is 0 Å². The van der Waals surface area contributed by atoms with Gasteiger partial charge in [0.05, 0.1) is 0 Å². The van der Waals surface area contributed by atoms with Gasteiger partial charge in [-0.25, -0.2) is 0 Å². The molecule has 0 spiro atoms. The monoisotopic (exact) mass is 198 g/mol. The molecule has 0 radical (unpaired) electrons. The molecule has 0 bridgehead atoms. The summed E-state index contributed by atoms with van der Waals surface area (Å²) < 4.78 is 0. The largest absolute Gasteiger partial charge is 0.326 e. The van der Waals surface area contributed by atoms with Crippen LogP contribution in [0.5, 0.6) is 0 Å². The highest BCUT2D eigenvalue weighted by atomic mass is 15.1. The summed E-state index contributed by atoms with van der Waals surface area (Å²) in [7, 11) is 4.38. The van der Waals surface area contributed by atoms with Crippen molar-refractivity contribution >= 4 is 0 Å². The van der Waals surface area contributed by atoms with E-state index in [0.29, 0.717) is 6.04 Å². The molecule has 2 nitrogen and oxygen atoms in total. The lowest BCUT2D eigenvalue weighted by atomic mass is 9.86. The average Bonchev–Trinajstić information content (AvgIpc) is 2.49. The van der Waals surface area contributed by atoms with Crippen LogP contribution in [0.25, 0.3) is 0 Å². The fraction of sp³-hybridized carbons (Fsp3) is 1.00. The first-order chi connectivity index (χ1) is 6.40. The lowest BCUT2D eigenvalue weighted by Crippen LogP contribution is -2.44. The van der Waals surface area contributed by atoms with Gasteiger partial charge in [0.2, 0.25) is 0 Å². The van der Waals surface area contributed by atoms with E-state index in [1.807, 2.05) is 0 Å². The van der Waals surface area contributed by atoms with Gasteiger partial charge < -0.3 is 10.6 Å². The predicted octanol–water partition coefficient (Wildman–Crippen LogP) is 2.23. The smallest absolute Gasteiger partial charge is 0.0135 e. The Hall–Kier alpha value is -0.0800. The van der Waals surface area contributed by atoms with Crippen LogP contribution in [-0.4, -0.2) is 30.6 Å². The molecule has 84 valence electrons. The number of nitrogens with zero attached hydrogens (tertiary/aromatic N) is 1. The standard InChI is InChI=1S/C12H26N2/c1-12(2,13)9-11(14(3)4)10-7-5-6-8-10/h10-11H,5-9,13H2,1-4H3. The van der Waals surface area contributed by atoms with Crippen LogP contribution in [0.1, 0.15) is 46.0 Å². The van der Waals surface area contributed by atoms with Gasteiger partial charge in [-0.1, -0.05) is 12.8 Å². The molecule has 0 aliphatic heterocycles. The van der Waals surface area contributed by atoms with Gasteiger partial charge in [-0.3, -0.25) is 0 Å². The van der Waals surface area contributed by atoms with Crippen LogP contribution in [0.15, 0.2) is 0 Å². The summed E-state index contributed by atoms with van der Waals surface area (Å²) in [6, 6.07) is 0.678. The maximum Gasteiger partial charge on any atom is 0.0135 e. The second kappa shape index (κ2) is 4.63. The van der Waals surface area contributed by atoms with E-state index in [1.54, 1.807) is 0 Å². The number of hydrogen-bond donors (Lipinski definition) is 1. The number of rotatable bonds is 4. The summed E-state index contributed by atoms with van der Waals surface area (Å²) in [5.74, 6) is 0.882. The van der Waals surface area contributed by atoms with Crippen molar-refractivity contribution in [2.75, 3.05) is 14.1 Å². The quantitative estimate of drug-likeness (QED) is 0.750. The third-order valence-corrected chi connectivity index (χ3v) is 3.34. The van der Waals surface area contributed by atoms with Crippen molar-refractivity contribution in [2.45, 2.75) is 57.5 Å². The van der Waals surface area contributed by atoms with E-state index in [4.69, 9.17) is 5.73 Å². The average molecular weight is 198 g/mol. The Kier molecular flexibility index (Phi) is 3.96. The zero-order valence-corrected chi connectivity index (χ0v) is 10.2. The van der Waals surface area contributed by atoms with Gasteiger partial charge in [0, 0.05) is 11.6 Å². The molecule has 0 aromatic carbocycles. The van der Waals surface area contributed by atoms with Crippen molar-refractivity contribution in [1.29, 1.82) is 0 Å². The molecule has 1 atom stereocenters. The molecule has 0 heterocycles. The molecule has 0 aromatic heterocycles. The van der Waals surface area contributed by atoms with E-state index < -0.39 is 0 Å². The van der Waals surface area contributed by atoms with Crippen molar-refractivity contribution in [3.63, 3.8) is 0 Å². The van der Waals surface area contributed by atoms with E-state index in [1.165, 1.54) is 25.7 Å². The van der Waals surface area contributed by atoms with Crippen molar-refractivity contribution in [3.05, 3.63) is 0 Å². The first-order valence-electron chi connectivity index (χ1n) is 5.85. The Balaban J connectivity index is 2.54. The van der Waals surface area contributed by atoms with Gasteiger partial charge >= 0.3 is 0 Å². The molecular formula is C12H26N2. The Morgan fingerprint density at radius 2 is 1.79 bits per heavy atom. The minimum Gasteiger partial charge on any atom is -0.326 e. The van der Waals surface area contributed by atoms with Crippen LogP contribution in [0, 0.1) is 5.92 Å². The second-order valence-electron chi connectivity index (χ2n) is 5.77. The summed E-state index contributed by atoms with van der Waals surface area (Å²) in [5.41, 5.74) is 6.08.